The first kappa shape index (κ1) is 15.5. The number of rotatable bonds is 3. The third-order valence-electron chi connectivity index (χ3n) is 1.22. The molecule has 0 N–H and O–H groups in total. The predicted octanol–water partition coefficient (Wildman–Crippen LogP) is 2.60. The molecule has 1 rings (SSSR count). The fraction of sp³-hybridized carbons (Fsp3) is 0. The molecule has 0 fully saturated rings. The molecule has 9 heteroatoms. The molecular weight excluding hydrogens is 277 g/mol. The summed E-state index contributed by atoms with van der Waals surface area (Å²) >= 11 is 9.97. The van der Waals surface area contributed by atoms with E-state index in [0.717, 1.165) is 0 Å². The largest absolute Gasteiger partial charge is 0.394 e. The van der Waals surface area contributed by atoms with Crippen LogP contribution in [0, 0.1) is 0 Å². The summed E-state index contributed by atoms with van der Waals surface area (Å²) in [5.41, 5.74) is 0. The average Bonchev–Trinajstić information content (AvgIpc) is 2.01. The molecule has 1 radical (unpaired) electrons. The van der Waals surface area contributed by atoms with Crippen molar-refractivity contribution >= 4 is 57.5 Å². The molecule has 0 aliphatic rings. The van der Waals surface area contributed by atoms with E-state index in [9.17, 15) is 13.0 Å². The van der Waals surface area contributed by atoms with Crippen LogP contribution in [-0.2, 0) is 18.7 Å². The molecule has 15 heavy (non-hydrogen) atoms. The van der Waals surface area contributed by atoms with Gasteiger partial charge < -0.3 is 0 Å². The quantitative estimate of drug-likeness (QED) is 0.631. The van der Waals surface area contributed by atoms with Crippen molar-refractivity contribution in [3.05, 3.63) is 30.3 Å². The smallest absolute Gasteiger partial charge is 0.255 e. The summed E-state index contributed by atoms with van der Waals surface area (Å²) in [6.45, 7) is 0. The zero-order valence-corrected chi connectivity index (χ0v) is 10.9. The van der Waals surface area contributed by atoms with E-state index >= 15 is 0 Å². The second-order valence-corrected chi connectivity index (χ2v) is 8.25. The van der Waals surface area contributed by atoms with Crippen molar-refractivity contribution in [3.63, 3.8) is 0 Å². The minimum atomic E-state index is -4.14. The van der Waals surface area contributed by atoms with Crippen LogP contribution in [0.5, 0.6) is 0 Å². The summed E-state index contributed by atoms with van der Waals surface area (Å²) in [6.07, 6.45) is -4.10. The van der Waals surface area contributed by atoms with E-state index < -0.39 is 16.2 Å². The first-order valence-electron chi connectivity index (χ1n) is 3.32. The number of hydrogen-bond acceptors (Lipinski definition) is 4. The van der Waals surface area contributed by atoms with Crippen molar-refractivity contribution in [2.45, 2.75) is 4.90 Å². The van der Waals surface area contributed by atoms with Crippen LogP contribution in [0.3, 0.4) is 0 Å². The Bertz CT molecular complexity index is 457. The third kappa shape index (κ3) is 5.42. The predicted molar refractivity (Wildman–Crippen MR) is 59.8 cm³/mol. The summed E-state index contributed by atoms with van der Waals surface area (Å²) in [7, 11) is -4.14. The van der Waals surface area contributed by atoms with Crippen molar-refractivity contribution in [2.75, 3.05) is 0 Å². The van der Waals surface area contributed by atoms with Gasteiger partial charge in [0.15, 0.2) is 0 Å². The van der Waals surface area contributed by atoms with Crippen LogP contribution in [0.15, 0.2) is 35.2 Å². The topological polar surface area (TPSA) is 60.4 Å². The Kier molecular flexibility index (Phi) is 5.95. The fourth-order valence-corrected chi connectivity index (χ4v) is 3.83. The van der Waals surface area contributed by atoms with Crippen LogP contribution < -0.4 is 0 Å². The Morgan fingerprint density at radius 1 is 1.13 bits per heavy atom. The minimum absolute atomic E-state index is 0. The van der Waals surface area contributed by atoms with Crippen molar-refractivity contribution in [2.24, 2.45) is 0 Å². The van der Waals surface area contributed by atoms with E-state index in [0.29, 0.717) is 0 Å². The van der Waals surface area contributed by atoms with Crippen LogP contribution in [0.25, 0.3) is 0 Å². The Morgan fingerprint density at radius 2 is 1.60 bits per heavy atom. The fourth-order valence-electron chi connectivity index (χ4n) is 0.744. The molecule has 0 saturated carbocycles. The van der Waals surface area contributed by atoms with Crippen LogP contribution in [0.2, 0.25) is 0 Å². The monoisotopic (exact) mass is 281 g/mol. The molecule has 0 aromatic heterocycles. The van der Waals surface area contributed by atoms with Crippen LogP contribution in [0.4, 0.5) is 0 Å². The third-order valence-corrected chi connectivity index (χ3v) is 4.56. The van der Waals surface area contributed by atoms with Crippen LogP contribution in [-0.4, -0.2) is 27.3 Å². The van der Waals surface area contributed by atoms with Crippen LogP contribution in [0.1, 0.15) is 0 Å². The van der Waals surface area contributed by atoms with E-state index in [-0.39, 0.29) is 23.8 Å². The van der Waals surface area contributed by atoms with Crippen molar-refractivity contribution in [3.8, 4) is 0 Å². The van der Waals surface area contributed by atoms with E-state index in [2.05, 4.69) is 3.97 Å². The molecule has 0 aliphatic heterocycles. The van der Waals surface area contributed by atoms with Gasteiger partial charge in [-0.05, 0) is 34.6 Å². The van der Waals surface area contributed by atoms with Gasteiger partial charge in [0.1, 0.15) is 0 Å². The standard InChI is InChI=1S/C6H5Cl2O4PS.Li/c7-13(8,9)12-14(10,11)6-4-2-1-3-5-6;/h1-5H;. The molecule has 0 amide bonds. The molecule has 79 valence electrons. The number of hydrogen-bond donors (Lipinski definition) is 0. The molecule has 0 bridgehead atoms. The molecule has 4 nitrogen and oxygen atoms in total. The van der Waals surface area contributed by atoms with Gasteiger partial charge in [0, 0.05) is 18.9 Å². The number of benzene rings is 1. The Labute approximate surface area is 109 Å². The van der Waals surface area contributed by atoms with Crippen molar-refractivity contribution < 1.29 is 17.0 Å². The van der Waals surface area contributed by atoms with Gasteiger partial charge in [-0.3, -0.25) is 4.57 Å². The van der Waals surface area contributed by atoms with Gasteiger partial charge >= 0.3 is 16.2 Å². The van der Waals surface area contributed by atoms with E-state index in [1.807, 2.05) is 0 Å². The molecule has 0 unspecified atom stereocenters. The second-order valence-electron chi connectivity index (χ2n) is 2.26. The Morgan fingerprint density at radius 3 is 2.00 bits per heavy atom. The zero-order chi connectivity index (χ0) is 10.8. The summed E-state index contributed by atoms with van der Waals surface area (Å²) in [5.74, 6) is 0. The van der Waals surface area contributed by atoms with E-state index in [1.54, 1.807) is 6.07 Å². The average molecular weight is 282 g/mol. The molecule has 0 spiro atoms. The van der Waals surface area contributed by atoms with E-state index in [4.69, 9.17) is 22.5 Å². The van der Waals surface area contributed by atoms with Gasteiger partial charge in [0.2, 0.25) is 0 Å². The zero-order valence-electron chi connectivity index (χ0n) is 7.63. The van der Waals surface area contributed by atoms with Gasteiger partial charge in [-0.1, -0.05) is 18.2 Å². The van der Waals surface area contributed by atoms with Crippen molar-refractivity contribution in [1.82, 2.24) is 0 Å². The van der Waals surface area contributed by atoms with Gasteiger partial charge in [-0.2, -0.15) is 12.4 Å². The first-order chi connectivity index (χ1) is 6.31. The van der Waals surface area contributed by atoms with Gasteiger partial charge in [-0.25, -0.2) is 0 Å². The second kappa shape index (κ2) is 5.74. The minimum Gasteiger partial charge on any atom is -0.255 e. The molecule has 0 aliphatic carbocycles. The summed E-state index contributed by atoms with van der Waals surface area (Å²) in [6, 6.07) is 7.16. The van der Waals surface area contributed by atoms with E-state index in [1.165, 1.54) is 24.3 Å². The maximum absolute atomic E-state index is 11.3. The van der Waals surface area contributed by atoms with Crippen LogP contribution >= 0.6 is 28.6 Å². The molecule has 1 aromatic carbocycles. The SMILES string of the molecule is O=P(Cl)(Cl)OS(=O)(=O)c1ccccc1.[Li]. The molecule has 0 atom stereocenters. The molecule has 1 aromatic rings. The Balaban J connectivity index is 0.00000196. The molecule has 0 heterocycles. The van der Waals surface area contributed by atoms with Gasteiger partial charge in [0.25, 0.3) is 0 Å². The van der Waals surface area contributed by atoms with Gasteiger partial charge in [-0.15, -0.1) is 0 Å². The van der Waals surface area contributed by atoms with Crippen molar-refractivity contribution in [1.29, 1.82) is 0 Å². The molecule has 0 saturated heterocycles. The maximum Gasteiger partial charge on any atom is 0.394 e. The summed E-state index contributed by atoms with van der Waals surface area (Å²) in [5, 5.41) is 0. The van der Waals surface area contributed by atoms with Gasteiger partial charge in [0.05, 0.1) is 4.90 Å². The summed E-state index contributed by atoms with van der Waals surface area (Å²) in [4.78, 5) is -0.151. The molecular formula is C6H5Cl2LiO4PS. The Hall–Kier alpha value is 0.537. The first-order valence-corrected chi connectivity index (χ1v) is 8.16. The summed E-state index contributed by atoms with van der Waals surface area (Å²) < 4.78 is 37.4. The maximum atomic E-state index is 11.3. The number of halogens is 2. The normalized spacial score (nSPS) is 11.9.